The fourth-order valence-corrected chi connectivity index (χ4v) is 4.00. The quantitative estimate of drug-likeness (QED) is 0.729. The standard InChI is InChI=1S/C10H21NO3S/c1-14-7-8-15(12,13)10-6-4-2-3-5-9(10)11/h9-10H,2-8,11H2,1H3. The topological polar surface area (TPSA) is 69.4 Å². The van der Waals surface area contributed by atoms with Crippen LogP contribution in [0.2, 0.25) is 0 Å². The number of sulfone groups is 1. The number of hydrogen-bond donors (Lipinski definition) is 1. The van der Waals surface area contributed by atoms with E-state index in [4.69, 9.17) is 10.5 Å². The predicted octanol–water partition coefficient (Wildman–Crippen LogP) is 0.708. The molecule has 1 fully saturated rings. The molecule has 15 heavy (non-hydrogen) atoms. The summed E-state index contributed by atoms with van der Waals surface area (Å²) in [7, 11) is -1.55. The normalized spacial score (nSPS) is 28.7. The largest absolute Gasteiger partial charge is 0.384 e. The summed E-state index contributed by atoms with van der Waals surface area (Å²) in [6, 6.07) is -0.186. The number of ether oxygens (including phenoxy) is 1. The maximum atomic E-state index is 11.9. The Morgan fingerprint density at radius 1 is 1.27 bits per heavy atom. The van der Waals surface area contributed by atoms with E-state index in [1.165, 1.54) is 7.11 Å². The zero-order valence-electron chi connectivity index (χ0n) is 9.31. The van der Waals surface area contributed by atoms with Gasteiger partial charge in [-0.1, -0.05) is 19.3 Å². The van der Waals surface area contributed by atoms with Gasteiger partial charge in [0.2, 0.25) is 0 Å². The first-order chi connectivity index (χ1) is 7.08. The Hall–Kier alpha value is -0.130. The highest BCUT2D eigenvalue weighted by atomic mass is 32.2. The lowest BCUT2D eigenvalue weighted by Gasteiger charge is -2.21. The minimum atomic E-state index is -3.07. The maximum absolute atomic E-state index is 11.9. The van der Waals surface area contributed by atoms with Gasteiger partial charge >= 0.3 is 0 Å². The zero-order valence-corrected chi connectivity index (χ0v) is 10.1. The van der Waals surface area contributed by atoms with Crippen LogP contribution in [0.5, 0.6) is 0 Å². The van der Waals surface area contributed by atoms with Crippen LogP contribution in [0.15, 0.2) is 0 Å². The van der Waals surface area contributed by atoms with Crippen LogP contribution in [-0.2, 0) is 14.6 Å². The maximum Gasteiger partial charge on any atom is 0.156 e. The number of nitrogens with two attached hydrogens (primary N) is 1. The van der Waals surface area contributed by atoms with Crippen LogP contribution < -0.4 is 5.73 Å². The molecule has 0 aromatic rings. The Balaban J connectivity index is 2.65. The van der Waals surface area contributed by atoms with Crippen LogP contribution in [-0.4, -0.2) is 39.2 Å². The lowest BCUT2D eigenvalue weighted by molar-refractivity contribution is 0.216. The summed E-state index contributed by atoms with van der Waals surface area (Å²) in [4.78, 5) is 0. The molecule has 1 aliphatic carbocycles. The van der Waals surface area contributed by atoms with E-state index in [-0.39, 0.29) is 23.7 Å². The van der Waals surface area contributed by atoms with E-state index < -0.39 is 9.84 Å². The second kappa shape index (κ2) is 5.82. The summed E-state index contributed by atoms with van der Waals surface area (Å²) in [5.41, 5.74) is 5.92. The van der Waals surface area contributed by atoms with Crippen molar-refractivity contribution in [2.45, 2.75) is 43.4 Å². The first kappa shape index (κ1) is 12.9. The van der Waals surface area contributed by atoms with Crippen molar-refractivity contribution in [1.82, 2.24) is 0 Å². The summed E-state index contributed by atoms with van der Waals surface area (Å²) in [6.45, 7) is 0.269. The first-order valence-electron chi connectivity index (χ1n) is 5.54. The van der Waals surface area contributed by atoms with Gasteiger partial charge in [0.25, 0.3) is 0 Å². The van der Waals surface area contributed by atoms with Gasteiger partial charge < -0.3 is 10.5 Å². The van der Waals surface area contributed by atoms with Crippen LogP contribution in [0.4, 0.5) is 0 Å². The highest BCUT2D eigenvalue weighted by Gasteiger charge is 2.31. The minimum absolute atomic E-state index is 0.0991. The fraction of sp³-hybridized carbons (Fsp3) is 1.00. The van der Waals surface area contributed by atoms with Gasteiger partial charge in [0.15, 0.2) is 9.84 Å². The first-order valence-corrected chi connectivity index (χ1v) is 7.25. The van der Waals surface area contributed by atoms with Crippen molar-refractivity contribution < 1.29 is 13.2 Å². The Morgan fingerprint density at radius 3 is 2.60 bits per heavy atom. The highest BCUT2D eigenvalue weighted by molar-refractivity contribution is 7.92. The van der Waals surface area contributed by atoms with Gasteiger partial charge in [-0.15, -0.1) is 0 Å². The van der Waals surface area contributed by atoms with E-state index in [1.54, 1.807) is 0 Å². The molecule has 0 aromatic heterocycles. The molecule has 1 rings (SSSR count). The van der Waals surface area contributed by atoms with Crippen LogP contribution in [0.1, 0.15) is 32.1 Å². The highest BCUT2D eigenvalue weighted by Crippen LogP contribution is 2.22. The molecule has 0 aliphatic heterocycles. The molecule has 0 heterocycles. The second-order valence-electron chi connectivity index (χ2n) is 4.20. The molecule has 0 saturated heterocycles. The number of rotatable bonds is 4. The molecule has 0 bridgehead atoms. The van der Waals surface area contributed by atoms with Crippen molar-refractivity contribution in [3.05, 3.63) is 0 Å². The van der Waals surface area contributed by atoms with Gasteiger partial charge in [-0.25, -0.2) is 8.42 Å². The zero-order chi connectivity index (χ0) is 11.3. The molecule has 2 atom stereocenters. The molecule has 5 heteroatoms. The average Bonchev–Trinajstić information content (AvgIpc) is 2.40. The van der Waals surface area contributed by atoms with Gasteiger partial charge in [-0.05, 0) is 12.8 Å². The molecule has 2 unspecified atom stereocenters. The van der Waals surface area contributed by atoms with Crippen LogP contribution in [0.3, 0.4) is 0 Å². The molecule has 90 valence electrons. The third kappa shape index (κ3) is 3.74. The van der Waals surface area contributed by atoms with Crippen molar-refractivity contribution in [3.8, 4) is 0 Å². The SMILES string of the molecule is COCCS(=O)(=O)C1CCCCCC1N. The Kier molecular flexibility index (Phi) is 5.02. The van der Waals surface area contributed by atoms with Gasteiger partial charge in [-0.3, -0.25) is 0 Å². The van der Waals surface area contributed by atoms with Crippen molar-refractivity contribution in [2.24, 2.45) is 5.73 Å². The van der Waals surface area contributed by atoms with E-state index in [0.29, 0.717) is 6.42 Å². The monoisotopic (exact) mass is 235 g/mol. The summed E-state index contributed by atoms with van der Waals surface area (Å²) in [6.07, 6.45) is 4.68. The molecular weight excluding hydrogens is 214 g/mol. The van der Waals surface area contributed by atoms with Crippen LogP contribution in [0.25, 0.3) is 0 Å². The third-order valence-corrected chi connectivity index (χ3v) is 5.28. The molecule has 0 aromatic carbocycles. The van der Waals surface area contributed by atoms with E-state index in [9.17, 15) is 8.42 Å². The Bertz CT molecular complexity index is 276. The van der Waals surface area contributed by atoms with Gasteiger partial charge in [-0.2, -0.15) is 0 Å². The van der Waals surface area contributed by atoms with Crippen molar-refractivity contribution in [3.63, 3.8) is 0 Å². The van der Waals surface area contributed by atoms with Crippen molar-refractivity contribution >= 4 is 9.84 Å². The summed E-state index contributed by atoms with van der Waals surface area (Å²) in [5.74, 6) is 0.0991. The molecule has 1 saturated carbocycles. The summed E-state index contributed by atoms with van der Waals surface area (Å²) in [5, 5.41) is -0.352. The van der Waals surface area contributed by atoms with E-state index in [2.05, 4.69) is 0 Å². The minimum Gasteiger partial charge on any atom is -0.384 e. The van der Waals surface area contributed by atoms with Gasteiger partial charge in [0.05, 0.1) is 17.6 Å². The van der Waals surface area contributed by atoms with Gasteiger partial charge in [0, 0.05) is 13.2 Å². The number of methoxy groups -OCH3 is 1. The van der Waals surface area contributed by atoms with Crippen molar-refractivity contribution in [1.29, 1.82) is 0 Å². The van der Waals surface area contributed by atoms with Gasteiger partial charge in [0.1, 0.15) is 0 Å². The second-order valence-corrected chi connectivity index (χ2v) is 6.54. The Morgan fingerprint density at radius 2 is 1.93 bits per heavy atom. The molecule has 0 amide bonds. The average molecular weight is 235 g/mol. The number of hydrogen-bond acceptors (Lipinski definition) is 4. The molecular formula is C10H21NO3S. The summed E-state index contributed by atoms with van der Waals surface area (Å²) < 4.78 is 28.7. The van der Waals surface area contributed by atoms with Crippen molar-refractivity contribution in [2.75, 3.05) is 19.5 Å². The lowest BCUT2D eigenvalue weighted by Crippen LogP contribution is -2.41. The smallest absolute Gasteiger partial charge is 0.156 e. The van der Waals surface area contributed by atoms with Crippen LogP contribution in [0, 0.1) is 0 Å². The predicted molar refractivity (Wildman–Crippen MR) is 60.5 cm³/mol. The molecule has 0 radical (unpaired) electrons. The Labute approximate surface area is 92.1 Å². The van der Waals surface area contributed by atoms with E-state index >= 15 is 0 Å². The molecule has 1 aliphatic rings. The lowest BCUT2D eigenvalue weighted by atomic mass is 10.1. The fourth-order valence-electron chi connectivity index (χ4n) is 2.10. The third-order valence-electron chi connectivity index (χ3n) is 3.04. The molecule has 0 spiro atoms. The van der Waals surface area contributed by atoms with Crippen LogP contribution >= 0.6 is 0 Å². The summed E-state index contributed by atoms with van der Waals surface area (Å²) >= 11 is 0. The molecule has 4 nitrogen and oxygen atoms in total. The van der Waals surface area contributed by atoms with E-state index in [0.717, 1.165) is 25.7 Å². The molecule has 2 N–H and O–H groups in total. The van der Waals surface area contributed by atoms with E-state index in [1.807, 2.05) is 0 Å².